The first-order valence-corrected chi connectivity index (χ1v) is 8.78. The number of hydrogen-bond acceptors (Lipinski definition) is 2. The van der Waals surface area contributed by atoms with Crippen molar-refractivity contribution in [1.29, 1.82) is 0 Å². The lowest BCUT2D eigenvalue weighted by atomic mass is 9.99. The summed E-state index contributed by atoms with van der Waals surface area (Å²) in [5.74, 6) is 0.826. The third-order valence-electron chi connectivity index (χ3n) is 4.13. The van der Waals surface area contributed by atoms with Gasteiger partial charge in [-0.1, -0.05) is 51.3 Å². The number of rotatable bonds is 8. The maximum atomic E-state index is 3.73. The van der Waals surface area contributed by atoms with Gasteiger partial charge in [0.2, 0.25) is 0 Å². The Hall–Kier alpha value is -0.860. The zero-order valence-corrected chi connectivity index (χ0v) is 13.8. The third kappa shape index (κ3) is 4.07. The van der Waals surface area contributed by atoms with Crippen molar-refractivity contribution in [3.05, 3.63) is 35.2 Å². The first kappa shape index (κ1) is 15.5. The summed E-state index contributed by atoms with van der Waals surface area (Å²) in [5, 5.41) is 5.10. The molecular weight excluding hydrogens is 262 g/mol. The van der Waals surface area contributed by atoms with Gasteiger partial charge in [0.05, 0.1) is 0 Å². The van der Waals surface area contributed by atoms with Gasteiger partial charge in [0.15, 0.2) is 0 Å². The molecule has 0 fully saturated rings. The highest BCUT2D eigenvalue weighted by Gasteiger charge is 2.11. The summed E-state index contributed by atoms with van der Waals surface area (Å²) in [6, 6.07) is 11.5. The van der Waals surface area contributed by atoms with Gasteiger partial charge in [-0.15, -0.1) is 11.3 Å². The lowest BCUT2D eigenvalue weighted by Gasteiger charge is -2.18. The summed E-state index contributed by atoms with van der Waals surface area (Å²) in [5.41, 5.74) is 0. The van der Waals surface area contributed by atoms with Crippen molar-refractivity contribution in [3.8, 4) is 0 Å². The number of thiophene rings is 1. The summed E-state index contributed by atoms with van der Waals surface area (Å²) in [6.45, 7) is 8.02. The molecule has 0 aliphatic heterocycles. The van der Waals surface area contributed by atoms with Gasteiger partial charge in [-0.05, 0) is 43.3 Å². The molecule has 0 aliphatic rings. The van der Waals surface area contributed by atoms with Crippen LogP contribution in [0.3, 0.4) is 0 Å². The largest absolute Gasteiger partial charge is 0.309 e. The number of fused-ring (bicyclic) bond motifs is 1. The Kier molecular flexibility index (Phi) is 6.06. The predicted octanol–water partition coefficient (Wildman–Crippen LogP) is 5.77. The summed E-state index contributed by atoms with van der Waals surface area (Å²) in [4.78, 5) is 1.46. The van der Waals surface area contributed by atoms with Crippen molar-refractivity contribution in [1.82, 2.24) is 5.32 Å². The number of hydrogen-bond donors (Lipinski definition) is 1. The maximum Gasteiger partial charge on any atom is 0.0386 e. The smallest absolute Gasteiger partial charge is 0.0386 e. The SMILES string of the molecule is CCCCC(CC)CNC(C)c1cc2ccccc2s1. The lowest BCUT2D eigenvalue weighted by Crippen LogP contribution is -2.25. The molecule has 2 rings (SSSR count). The standard InChI is InChI=1S/C18H27NS/c1-4-6-9-15(5-2)13-19-14(3)18-12-16-10-7-8-11-17(16)20-18/h7-8,10-12,14-15,19H,4-6,9,13H2,1-3H3. The first-order valence-electron chi connectivity index (χ1n) is 7.96. The minimum atomic E-state index is 0.461. The molecule has 2 unspecified atom stereocenters. The molecule has 2 atom stereocenters. The molecule has 0 spiro atoms. The average Bonchev–Trinajstić information content (AvgIpc) is 2.91. The number of unbranched alkanes of at least 4 members (excludes halogenated alkanes) is 1. The van der Waals surface area contributed by atoms with Gasteiger partial charge in [-0.2, -0.15) is 0 Å². The molecular formula is C18H27NS. The molecule has 0 amide bonds. The Morgan fingerprint density at radius 2 is 2.00 bits per heavy atom. The van der Waals surface area contributed by atoms with Gasteiger partial charge >= 0.3 is 0 Å². The van der Waals surface area contributed by atoms with Crippen molar-refractivity contribution in [2.45, 2.75) is 52.5 Å². The highest BCUT2D eigenvalue weighted by atomic mass is 32.1. The zero-order chi connectivity index (χ0) is 14.4. The Balaban J connectivity index is 1.92. The molecule has 0 saturated carbocycles. The van der Waals surface area contributed by atoms with E-state index in [2.05, 4.69) is 56.4 Å². The fraction of sp³-hybridized carbons (Fsp3) is 0.556. The summed E-state index contributed by atoms with van der Waals surface area (Å²) in [7, 11) is 0. The highest BCUT2D eigenvalue weighted by Crippen LogP contribution is 2.29. The van der Waals surface area contributed by atoms with Crippen LogP contribution in [0.4, 0.5) is 0 Å². The van der Waals surface area contributed by atoms with E-state index in [9.17, 15) is 0 Å². The second-order valence-corrected chi connectivity index (χ2v) is 6.85. The molecule has 20 heavy (non-hydrogen) atoms. The molecule has 0 aliphatic carbocycles. The zero-order valence-electron chi connectivity index (χ0n) is 13.0. The van der Waals surface area contributed by atoms with Crippen molar-refractivity contribution < 1.29 is 0 Å². The van der Waals surface area contributed by atoms with Crippen molar-refractivity contribution in [3.63, 3.8) is 0 Å². The molecule has 0 bridgehead atoms. The Bertz CT molecular complexity index is 484. The fourth-order valence-corrected chi connectivity index (χ4v) is 3.69. The molecule has 2 aromatic rings. The molecule has 1 nitrogen and oxygen atoms in total. The van der Waals surface area contributed by atoms with E-state index in [1.165, 1.54) is 40.6 Å². The third-order valence-corrected chi connectivity index (χ3v) is 5.43. The van der Waals surface area contributed by atoms with Crippen LogP contribution in [0, 0.1) is 5.92 Å². The molecule has 0 radical (unpaired) electrons. The minimum absolute atomic E-state index is 0.461. The Morgan fingerprint density at radius 3 is 2.70 bits per heavy atom. The maximum absolute atomic E-state index is 3.73. The van der Waals surface area contributed by atoms with Crippen LogP contribution in [0.1, 0.15) is 57.4 Å². The van der Waals surface area contributed by atoms with Gasteiger partial charge in [-0.25, -0.2) is 0 Å². The Labute approximate surface area is 127 Å². The first-order chi connectivity index (χ1) is 9.74. The molecule has 110 valence electrons. The second kappa shape index (κ2) is 7.80. The van der Waals surface area contributed by atoms with E-state index >= 15 is 0 Å². The van der Waals surface area contributed by atoms with Crippen LogP contribution in [-0.2, 0) is 0 Å². The van der Waals surface area contributed by atoms with Crippen LogP contribution in [0.25, 0.3) is 10.1 Å². The van der Waals surface area contributed by atoms with E-state index in [-0.39, 0.29) is 0 Å². The monoisotopic (exact) mass is 289 g/mol. The molecule has 2 heteroatoms. The van der Waals surface area contributed by atoms with Gasteiger partial charge in [-0.3, -0.25) is 0 Å². The van der Waals surface area contributed by atoms with Crippen LogP contribution in [0.2, 0.25) is 0 Å². The van der Waals surface area contributed by atoms with Gasteiger partial charge in [0.1, 0.15) is 0 Å². The van der Waals surface area contributed by atoms with E-state index in [0.717, 1.165) is 12.5 Å². The van der Waals surface area contributed by atoms with Gasteiger partial charge in [0, 0.05) is 15.6 Å². The van der Waals surface area contributed by atoms with E-state index in [0.29, 0.717) is 6.04 Å². The lowest BCUT2D eigenvalue weighted by molar-refractivity contribution is 0.400. The van der Waals surface area contributed by atoms with Crippen molar-refractivity contribution in [2.75, 3.05) is 6.54 Å². The van der Waals surface area contributed by atoms with Crippen LogP contribution in [-0.4, -0.2) is 6.54 Å². The molecule has 0 saturated heterocycles. The van der Waals surface area contributed by atoms with Crippen LogP contribution in [0.15, 0.2) is 30.3 Å². The average molecular weight is 289 g/mol. The van der Waals surface area contributed by atoms with Crippen LogP contribution in [0.5, 0.6) is 0 Å². The number of nitrogens with one attached hydrogen (secondary N) is 1. The van der Waals surface area contributed by atoms with E-state index in [1.54, 1.807) is 0 Å². The predicted molar refractivity (Wildman–Crippen MR) is 91.5 cm³/mol. The van der Waals surface area contributed by atoms with Gasteiger partial charge in [0.25, 0.3) is 0 Å². The van der Waals surface area contributed by atoms with E-state index in [4.69, 9.17) is 0 Å². The Morgan fingerprint density at radius 1 is 1.20 bits per heavy atom. The van der Waals surface area contributed by atoms with Crippen LogP contribution < -0.4 is 5.32 Å². The van der Waals surface area contributed by atoms with Crippen molar-refractivity contribution in [2.24, 2.45) is 5.92 Å². The summed E-state index contributed by atoms with van der Waals surface area (Å²) >= 11 is 1.92. The molecule has 1 aromatic heterocycles. The summed E-state index contributed by atoms with van der Waals surface area (Å²) in [6.07, 6.45) is 5.31. The quantitative estimate of drug-likeness (QED) is 0.650. The topological polar surface area (TPSA) is 12.0 Å². The number of benzene rings is 1. The van der Waals surface area contributed by atoms with Crippen LogP contribution >= 0.6 is 11.3 Å². The summed E-state index contributed by atoms with van der Waals surface area (Å²) < 4.78 is 1.40. The minimum Gasteiger partial charge on any atom is -0.309 e. The van der Waals surface area contributed by atoms with Crippen molar-refractivity contribution >= 4 is 21.4 Å². The highest BCUT2D eigenvalue weighted by molar-refractivity contribution is 7.19. The van der Waals surface area contributed by atoms with E-state index < -0.39 is 0 Å². The van der Waals surface area contributed by atoms with E-state index in [1.807, 2.05) is 11.3 Å². The molecule has 1 N–H and O–H groups in total. The second-order valence-electron chi connectivity index (χ2n) is 5.73. The molecule has 1 heterocycles. The fourth-order valence-electron chi connectivity index (χ4n) is 2.60. The normalized spacial score (nSPS) is 14.6. The van der Waals surface area contributed by atoms with Gasteiger partial charge < -0.3 is 5.32 Å². The molecule has 1 aromatic carbocycles.